The van der Waals surface area contributed by atoms with Gasteiger partial charge in [-0.1, -0.05) is 0 Å². The molecule has 0 amide bonds. The van der Waals surface area contributed by atoms with E-state index in [1.165, 1.54) is 0 Å². The van der Waals surface area contributed by atoms with E-state index in [0.717, 1.165) is 0 Å². The molecule has 0 aliphatic rings. The molecule has 0 saturated heterocycles. The van der Waals surface area contributed by atoms with Gasteiger partial charge < -0.3 is 34.3 Å². The van der Waals surface area contributed by atoms with Crippen molar-refractivity contribution in [3.05, 3.63) is 0 Å². The first-order valence-electron chi connectivity index (χ1n) is 3.37. The van der Waals surface area contributed by atoms with Crippen LogP contribution in [0.1, 0.15) is 27.7 Å². The summed E-state index contributed by atoms with van der Waals surface area (Å²) in [5.74, 6) is 0. The van der Waals surface area contributed by atoms with Crippen LogP contribution in [0.5, 0.6) is 0 Å². The van der Waals surface area contributed by atoms with E-state index in [0.29, 0.717) is 0 Å². The molecule has 0 radical (unpaired) electrons. The minimum Gasteiger partial charge on any atom is -0.485 e. The number of hydrogen-bond donors (Lipinski definition) is 0. The molecule has 1 unspecified atom stereocenters. The Morgan fingerprint density at radius 1 is 1.42 bits per heavy atom. The summed E-state index contributed by atoms with van der Waals surface area (Å²) in [6.07, 6.45) is -0.361. The predicted octanol–water partition coefficient (Wildman–Crippen LogP) is -1.00. The van der Waals surface area contributed by atoms with Crippen LogP contribution in [0.3, 0.4) is 0 Å². The molecular formula is C7H13NaO2S2. The minimum atomic E-state index is -0.361. The van der Waals surface area contributed by atoms with Crippen molar-refractivity contribution in [2.75, 3.05) is 0 Å². The standard InChI is InChI=1S/C7H14O2S2.Na/c1-5(8-6(10)11)9-7(2,3)4;/h5H,1-4H3,(H,10,11);/q;+1/p-1. The van der Waals surface area contributed by atoms with Crippen LogP contribution in [0, 0.1) is 0 Å². The summed E-state index contributed by atoms with van der Waals surface area (Å²) in [5, 5.41) is 0. The van der Waals surface area contributed by atoms with Crippen molar-refractivity contribution in [2.24, 2.45) is 0 Å². The van der Waals surface area contributed by atoms with Gasteiger partial charge in [0.2, 0.25) is 0 Å². The van der Waals surface area contributed by atoms with E-state index in [-0.39, 0.29) is 45.8 Å². The first kappa shape index (κ1) is 15.5. The molecule has 0 heterocycles. The molecule has 0 fully saturated rings. The van der Waals surface area contributed by atoms with Gasteiger partial charge in [-0.05, 0) is 27.7 Å². The van der Waals surface area contributed by atoms with Crippen LogP contribution in [0.25, 0.3) is 0 Å². The van der Waals surface area contributed by atoms with Gasteiger partial charge in [0.05, 0.1) is 5.60 Å². The Balaban J connectivity index is 0. The molecule has 0 aromatic heterocycles. The Morgan fingerprint density at radius 3 is 2.08 bits per heavy atom. The van der Waals surface area contributed by atoms with Gasteiger partial charge in [-0.2, -0.15) is 0 Å². The number of thiocarbonyl (C=S) groups is 1. The predicted molar refractivity (Wildman–Crippen MR) is 51.3 cm³/mol. The summed E-state index contributed by atoms with van der Waals surface area (Å²) in [7, 11) is 0. The molecule has 0 aromatic rings. The number of hydrogen-bond acceptors (Lipinski definition) is 4. The Bertz CT molecular complexity index is 145. The van der Waals surface area contributed by atoms with E-state index in [1.807, 2.05) is 20.8 Å². The average molecular weight is 216 g/mol. The van der Waals surface area contributed by atoms with Crippen LogP contribution in [-0.4, -0.2) is 16.3 Å². The Kier molecular flexibility index (Phi) is 8.43. The number of ether oxygens (including phenoxy) is 2. The smallest absolute Gasteiger partial charge is 0.485 e. The molecule has 0 rings (SSSR count). The third-order valence-electron chi connectivity index (χ3n) is 0.782. The zero-order chi connectivity index (χ0) is 9.07. The summed E-state index contributed by atoms with van der Waals surface area (Å²) in [4.78, 5) is 0. The zero-order valence-corrected chi connectivity index (χ0v) is 11.8. The molecule has 12 heavy (non-hydrogen) atoms. The van der Waals surface area contributed by atoms with Crippen LogP contribution < -0.4 is 29.6 Å². The summed E-state index contributed by atoms with van der Waals surface area (Å²) < 4.78 is 10.4. The molecule has 2 nitrogen and oxygen atoms in total. The van der Waals surface area contributed by atoms with Crippen molar-refractivity contribution in [1.29, 1.82) is 0 Å². The SMILES string of the molecule is CC(OC(=S)[S-])OC(C)(C)C.[Na+]. The first-order valence-corrected chi connectivity index (χ1v) is 4.18. The van der Waals surface area contributed by atoms with Crippen molar-refractivity contribution >= 4 is 29.2 Å². The van der Waals surface area contributed by atoms with Gasteiger partial charge in [-0.15, -0.1) is 0 Å². The molecular weight excluding hydrogens is 203 g/mol. The Morgan fingerprint density at radius 2 is 1.83 bits per heavy atom. The van der Waals surface area contributed by atoms with Gasteiger partial charge in [-0.3, -0.25) is 0 Å². The molecule has 0 aromatic carbocycles. The third-order valence-corrected chi connectivity index (χ3v) is 0.974. The molecule has 0 N–H and O–H groups in total. The van der Waals surface area contributed by atoms with E-state index in [4.69, 9.17) is 9.47 Å². The molecule has 0 bridgehead atoms. The largest absolute Gasteiger partial charge is 1.00 e. The van der Waals surface area contributed by atoms with Crippen LogP contribution in [-0.2, 0) is 22.1 Å². The topological polar surface area (TPSA) is 18.5 Å². The van der Waals surface area contributed by atoms with Crippen molar-refractivity contribution in [3.8, 4) is 0 Å². The van der Waals surface area contributed by atoms with E-state index in [2.05, 4.69) is 24.8 Å². The quantitative estimate of drug-likeness (QED) is 0.255. The van der Waals surface area contributed by atoms with Crippen molar-refractivity contribution < 1.29 is 39.0 Å². The maximum atomic E-state index is 5.37. The third kappa shape index (κ3) is 11.1. The monoisotopic (exact) mass is 216 g/mol. The molecule has 1 atom stereocenters. The minimum absolute atomic E-state index is 0. The summed E-state index contributed by atoms with van der Waals surface area (Å²) >= 11 is 9.15. The summed E-state index contributed by atoms with van der Waals surface area (Å²) in [6, 6.07) is 0. The van der Waals surface area contributed by atoms with Gasteiger partial charge in [0, 0.05) is 4.38 Å². The molecule has 5 heteroatoms. The summed E-state index contributed by atoms with van der Waals surface area (Å²) in [6.45, 7) is 7.60. The fraction of sp³-hybridized carbons (Fsp3) is 0.857. The maximum absolute atomic E-state index is 5.37. The van der Waals surface area contributed by atoms with Gasteiger partial charge in [0.25, 0.3) is 0 Å². The number of rotatable bonds is 2. The second-order valence-corrected chi connectivity index (χ2v) is 4.17. The molecule has 0 spiro atoms. The van der Waals surface area contributed by atoms with Gasteiger partial charge in [-0.25, -0.2) is 0 Å². The van der Waals surface area contributed by atoms with Gasteiger partial charge >= 0.3 is 29.6 Å². The summed E-state index contributed by atoms with van der Waals surface area (Å²) in [5.41, 5.74) is -0.223. The first-order chi connectivity index (χ1) is 4.81. The van der Waals surface area contributed by atoms with Crippen molar-refractivity contribution in [1.82, 2.24) is 0 Å². The van der Waals surface area contributed by atoms with E-state index in [9.17, 15) is 0 Å². The van der Waals surface area contributed by atoms with Crippen molar-refractivity contribution in [2.45, 2.75) is 39.6 Å². The van der Waals surface area contributed by atoms with E-state index in [1.54, 1.807) is 6.92 Å². The van der Waals surface area contributed by atoms with Crippen molar-refractivity contribution in [3.63, 3.8) is 0 Å². The van der Waals surface area contributed by atoms with E-state index < -0.39 is 0 Å². The fourth-order valence-corrected chi connectivity index (χ4v) is 0.928. The molecule has 0 aliphatic carbocycles. The Hall–Kier alpha value is 1.07. The second kappa shape index (κ2) is 6.51. The Labute approximate surface area is 107 Å². The van der Waals surface area contributed by atoms with E-state index >= 15 is 0 Å². The fourth-order valence-electron chi connectivity index (χ4n) is 0.657. The van der Waals surface area contributed by atoms with Crippen LogP contribution in [0.4, 0.5) is 0 Å². The average Bonchev–Trinajstić information content (AvgIpc) is 1.53. The zero-order valence-electron chi connectivity index (χ0n) is 8.21. The molecule has 0 saturated carbocycles. The normalized spacial score (nSPS) is 13.0. The van der Waals surface area contributed by atoms with Gasteiger partial charge in [0.15, 0.2) is 6.29 Å². The van der Waals surface area contributed by atoms with Crippen LogP contribution >= 0.6 is 12.2 Å². The van der Waals surface area contributed by atoms with Crippen LogP contribution in [0.2, 0.25) is 0 Å². The molecule has 66 valence electrons. The maximum Gasteiger partial charge on any atom is 1.00 e. The van der Waals surface area contributed by atoms with Crippen LogP contribution in [0.15, 0.2) is 0 Å². The second-order valence-electron chi connectivity index (χ2n) is 3.17. The van der Waals surface area contributed by atoms with Gasteiger partial charge in [0.1, 0.15) is 0 Å². The molecule has 0 aliphatic heterocycles.